The van der Waals surface area contributed by atoms with Gasteiger partial charge in [-0.25, -0.2) is 9.78 Å². The van der Waals surface area contributed by atoms with Crippen LogP contribution in [0.5, 0.6) is 5.75 Å². The molecule has 7 nitrogen and oxygen atoms in total. The summed E-state index contributed by atoms with van der Waals surface area (Å²) in [6.45, 7) is 5.44. The van der Waals surface area contributed by atoms with E-state index in [-0.39, 0.29) is 18.3 Å². The van der Waals surface area contributed by atoms with Gasteiger partial charge in [-0.3, -0.25) is 4.79 Å². The molecule has 8 heteroatoms. The van der Waals surface area contributed by atoms with Gasteiger partial charge >= 0.3 is 5.97 Å². The van der Waals surface area contributed by atoms with Gasteiger partial charge in [0, 0.05) is 16.5 Å². The molecule has 4 rings (SSSR count). The molecular formula is C28H28BrN3O4. The lowest BCUT2D eigenvalue weighted by molar-refractivity contribution is -0.149. The minimum Gasteiger partial charge on any atom is -0.481 e. The highest BCUT2D eigenvalue weighted by atomic mass is 79.9. The lowest BCUT2D eigenvalue weighted by Crippen LogP contribution is -2.22. The van der Waals surface area contributed by atoms with E-state index in [1.807, 2.05) is 42.5 Å². The number of halogens is 1. The van der Waals surface area contributed by atoms with Crippen LogP contribution in [-0.4, -0.2) is 34.6 Å². The maximum atomic E-state index is 13.4. The van der Waals surface area contributed by atoms with Crippen molar-refractivity contribution in [3.8, 4) is 5.75 Å². The van der Waals surface area contributed by atoms with Crippen molar-refractivity contribution >= 4 is 49.8 Å². The van der Waals surface area contributed by atoms with E-state index in [1.54, 1.807) is 32.2 Å². The SMILES string of the molecule is CCCCc1nc2ccc(Br)cc2c(=O)n1N=Cc1c(OCC(=O)OC(C)C)ccc2ccccc12. The number of rotatable bonds is 9. The predicted molar refractivity (Wildman–Crippen MR) is 146 cm³/mol. The van der Waals surface area contributed by atoms with Gasteiger partial charge in [0.1, 0.15) is 11.6 Å². The van der Waals surface area contributed by atoms with E-state index < -0.39 is 5.97 Å². The molecule has 0 N–H and O–H groups in total. The number of benzene rings is 3. The zero-order chi connectivity index (χ0) is 25.7. The summed E-state index contributed by atoms with van der Waals surface area (Å²) in [7, 11) is 0. The molecule has 0 radical (unpaired) electrons. The molecule has 0 bridgehead atoms. The number of aromatic nitrogens is 2. The standard InChI is InChI=1S/C28H28BrN3O4/c1-4-5-10-26-31-24-13-12-20(29)15-22(24)28(34)32(26)30-16-23-21-9-7-6-8-19(21)11-14-25(23)35-17-27(33)36-18(2)3/h6-9,11-16,18H,4-5,10,17H2,1-3H3. The van der Waals surface area contributed by atoms with Gasteiger partial charge in [0.05, 0.1) is 23.2 Å². The molecular weight excluding hydrogens is 522 g/mol. The van der Waals surface area contributed by atoms with E-state index in [9.17, 15) is 9.59 Å². The van der Waals surface area contributed by atoms with Crippen molar-refractivity contribution in [2.45, 2.75) is 46.1 Å². The first kappa shape index (κ1) is 25.6. The van der Waals surface area contributed by atoms with Crippen molar-refractivity contribution in [2.24, 2.45) is 5.10 Å². The summed E-state index contributed by atoms with van der Waals surface area (Å²) < 4.78 is 13.2. The molecule has 0 fully saturated rings. The van der Waals surface area contributed by atoms with E-state index in [0.717, 1.165) is 28.1 Å². The molecule has 0 amide bonds. The van der Waals surface area contributed by atoms with Crippen LogP contribution in [0.25, 0.3) is 21.7 Å². The Morgan fingerprint density at radius 2 is 1.94 bits per heavy atom. The topological polar surface area (TPSA) is 82.8 Å². The fourth-order valence-electron chi connectivity index (χ4n) is 3.89. The Morgan fingerprint density at radius 3 is 2.72 bits per heavy atom. The van der Waals surface area contributed by atoms with Crippen LogP contribution in [0, 0.1) is 0 Å². The number of hydrogen-bond acceptors (Lipinski definition) is 6. The fraction of sp³-hybridized carbons (Fsp3) is 0.286. The lowest BCUT2D eigenvalue weighted by Gasteiger charge is -2.13. The van der Waals surface area contributed by atoms with Crippen molar-refractivity contribution in [1.82, 2.24) is 9.66 Å². The summed E-state index contributed by atoms with van der Waals surface area (Å²) in [5.74, 6) is 0.609. The van der Waals surface area contributed by atoms with Gasteiger partial charge in [-0.15, -0.1) is 0 Å². The third-order valence-electron chi connectivity index (χ3n) is 5.57. The van der Waals surface area contributed by atoms with Crippen LogP contribution in [0.2, 0.25) is 0 Å². The van der Waals surface area contributed by atoms with E-state index in [2.05, 4.69) is 28.0 Å². The molecule has 1 heterocycles. The normalized spacial score (nSPS) is 11.6. The van der Waals surface area contributed by atoms with Gasteiger partial charge in [-0.05, 0) is 55.3 Å². The second-order valence-electron chi connectivity index (χ2n) is 8.68. The number of carbonyl (C=O) groups is 1. The quantitative estimate of drug-likeness (QED) is 0.192. The molecule has 0 saturated heterocycles. The van der Waals surface area contributed by atoms with Crippen LogP contribution in [0.1, 0.15) is 45.0 Å². The van der Waals surface area contributed by atoms with E-state index >= 15 is 0 Å². The zero-order valence-corrected chi connectivity index (χ0v) is 22.1. The van der Waals surface area contributed by atoms with Crippen molar-refractivity contribution in [2.75, 3.05) is 6.61 Å². The van der Waals surface area contributed by atoms with Gasteiger partial charge in [0.25, 0.3) is 5.56 Å². The summed E-state index contributed by atoms with van der Waals surface area (Å²) in [5.41, 5.74) is 1.05. The molecule has 0 atom stereocenters. The largest absolute Gasteiger partial charge is 0.481 e. The number of hydrogen-bond donors (Lipinski definition) is 0. The minimum atomic E-state index is -0.455. The molecule has 186 valence electrons. The van der Waals surface area contributed by atoms with Crippen LogP contribution in [-0.2, 0) is 16.0 Å². The third kappa shape index (κ3) is 5.82. The van der Waals surface area contributed by atoms with Gasteiger partial charge in [-0.2, -0.15) is 9.78 Å². The molecule has 3 aromatic carbocycles. The van der Waals surface area contributed by atoms with Crippen LogP contribution in [0.4, 0.5) is 0 Å². The summed E-state index contributed by atoms with van der Waals surface area (Å²) in [4.78, 5) is 30.3. The Balaban J connectivity index is 1.81. The highest BCUT2D eigenvalue weighted by molar-refractivity contribution is 9.10. The summed E-state index contributed by atoms with van der Waals surface area (Å²) >= 11 is 3.44. The Hall–Kier alpha value is -3.52. The van der Waals surface area contributed by atoms with E-state index in [4.69, 9.17) is 14.5 Å². The zero-order valence-electron chi connectivity index (χ0n) is 20.5. The van der Waals surface area contributed by atoms with Crippen molar-refractivity contribution in [3.63, 3.8) is 0 Å². The first-order valence-corrected chi connectivity index (χ1v) is 12.8. The van der Waals surface area contributed by atoms with E-state index in [1.165, 1.54) is 4.68 Å². The van der Waals surface area contributed by atoms with Crippen molar-refractivity contribution in [1.29, 1.82) is 0 Å². The molecule has 0 unspecified atom stereocenters. The summed E-state index contributed by atoms with van der Waals surface area (Å²) in [6.07, 6.45) is 3.84. The molecule has 4 aromatic rings. The molecule has 0 spiro atoms. The maximum absolute atomic E-state index is 13.4. The Bertz CT molecular complexity index is 1490. The van der Waals surface area contributed by atoms with Crippen LogP contribution < -0.4 is 10.3 Å². The second kappa shape index (κ2) is 11.5. The molecule has 0 saturated carbocycles. The third-order valence-corrected chi connectivity index (χ3v) is 6.07. The van der Waals surface area contributed by atoms with Crippen molar-refractivity contribution in [3.05, 3.63) is 80.8 Å². The van der Waals surface area contributed by atoms with Gasteiger partial charge in [-0.1, -0.05) is 59.6 Å². The Kier molecular flexibility index (Phi) is 8.15. The number of unbranched alkanes of at least 4 members (excludes halogenated alkanes) is 1. The van der Waals surface area contributed by atoms with Gasteiger partial charge < -0.3 is 9.47 Å². The summed E-state index contributed by atoms with van der Waals surface area (Å²) in [5, 5.41) is 6.95. The average Bonchev–Trinajstić information content (AvgIpc) is 2.86. The fourth-order valence-corrected chi connectivity index (χ4v) is 4.26. The molecule has 36 heavy (non-hydrogen) atoms. The number of carbonyl (C=O) groups excluding carboxylic acids is 1. The van der Waals surface area contributed by atoms with Gasteiger partial charge in [0.15, 0.2) is 6.61 Å². The monoisotopic (exact) mass is 549 g/mol. The van der Waals surface area contributed by atoms with Crippen LogP contribution in [0.15, 0.2) is 69.0 Å². The number of esters is 1. The number of nitrogens with zero attached hydrogens (tertiary/aromatic N) is 3. The number of fused-ring (bicyclic) bond motifs is 2. The van der Waals surface area contributed by atoms with E-state index in [0.29, 0.717) is 34.5 Å². The Morgan fingerprint density at radius 1 is 1.14 bits per heavy atom. The second-order valence-corrected chi connectivity index (χ2v) is 9.60. The maximum Gasteiger partial charge on any atom is 0.344 e. The predicted octanol–water partition coefficient (Wildman–Crippen LogP) is 5.87. The highest BCUT2D eigenvalue weighted by Gasteiger charge is 2.14. The minimum absolute atomic E-state index is 0.229. The molecule has 1 aromatic heterocycles. The highest BCUT2D eigenvalue weighted by Crippen LogP contribution is 2.27. The van der Waals surface area contributed by atoms with Crippen LogP contribution >= 0.6 is 15.9 Å². The van der Waals surface area contributed by atoms with Crippen LogP contribution in [0.3, 0.4) is 0 Å². The number of ether oxygens (including phenoxy) is 2. The summed E-state index contributed by atoms with van der Waals surface area (Å²) in [6, 6.07) is 17.0. The molecule has 0 aliphatic carbocycles. The molecule has 0 aliphatic rings. The van der Waals surface area contributed by atoms with Gasteiger partial charge in [0.2, 0.25) is 0 Å². The van der Waals surface area contributed by atoms with Crippen molar-refractivity contribution < 1.29 is 14.3 Å². The molecule has 0 aliphatic heterocycles. The first-order valence-electron chi connectivity index (χ1n) is 12.0. The smallest absolute Gasteiger partial charge is 0.344 e. The average molecular weight is 550 g/mol. The Labute approximate surface area is 217 Å². The number of aryl methyl sites for hydroxylation is 1. The lowest BCUT2D eigenvalue weighted by atomic mass is 10.0. The first-order chi connectivity index (χ1) is 17.4.